The molecule has 0 fully saturated rings. The highest BCUT2D eigenvalue weighted by Crippen LogP contribution is 2.38. The Morgan fingerprint density at radius 2 is 1.71 bits per heavy atom. The number of hydrogen-bond acceptors (Lipinski definition) is 2. The molecule has 2 nitrogen and oxygen atoms in total. The molecule has 0 heterocycles. The van der Waals surface area contributed by atoms with Crippen LogP contribution in [0.15, 0.2) is 36.4 Å². The van der Waals surface area contributed by atoms with Crippen LogP contribution in [-0.2, 0) is 12.8 Å². The van der Waals surface area contributed by atoms with Crippen molar-refractivity contribution in [1.82, 2.24) is 0 Å². The Bertz CT molecular complexity index is 657. The summed E-state index contributed by atoms with van der Waals surface area (Å²) in [6.07, 6.45) is -4.57. The quantitative estimate of drug-likeness (QED) is 0.824. The van der Waals surface area contributed by atoms with Crippen LogP contribution in [0.3, 0.4) is 0 Å². The number of hydrogen-bond donors (Lipinski definition) is 1. The number of rotatable bonds is 3. The van der Waals surface area contributed by atoms with E-state index in [1.54, 1.807) is 6.07 Å². The number of aliphatic hydroxyl groups excluding tert-OH is 1. The summed E-state index contributed by atoms with van der Waals surface area (Å²) in [6.45, 7) is -0.195. The van der Waals surface area contributed by atoms with Crippen molar-refractivity contribution in [3.05, 3.63) is 57.6 Å². The highest BCUT2D eigenvalue weighted by atomic mass is 35.5. The van der Waals surface area contributed by atoms with Gasteiger partial charge in [-0.2, -0.15) is 13.2 Å². The first-order valence-corrected chi connectivity index (χ1v) is 6.50. The molecule has 0 radical (unpaired) electrons. The number of halogens is 5. The lowest BCUT2D eigenvalue weighted by Crippen LogP contribution is -2.05. The molecule has 112 valence electrons. The van der Waals surface area contributed by atoms with Crippen LogP contribution < -0.4 is 4.74 Å². The van der Waals surface area contributed by atoms with Crippen molar-refractivity contribution in [3.63, 3.8) is 0 Å². The smallest absolute Gasteiger partial charge is 0.417 e. The summed E-state index contributed by atoms with van der Waals surface area (Å²) in [7, 11) is 0. The minimum Gasteiger partial charge on any atom is -0.456 e. The van der Waals surface area contributed by atoms with Crippen molar-refractivity contribution in [2.24, 2.45) is 0 Å². The Morgan fingerprint density at radius 1 is 1.00 bits per heavy atom. The molecule has 1 N–H and O–H groups in total. The number of aliphatic hydroxyl groups is 1. The van der Waals surface area contributed by atoms with E-state index in [9.17, 15) is 13.2 Å². The molecule has 2 rings (SSSR count). The summed E-state index contributed by atoms with van der Waals surface area (Å²) in [5.74, 6) is 0.148. The van der Waals surface area contributed by atoms with Gasteiger partial charge in [-0.3, -0.25) is 0 Å². The van der Waals surface area contributed by atoms with Crippen molar-refractivity contribution in [2.75, 3.05) is 0 Å². The Kier molecular flexibility index (Phi) is 4.66. The Morgan fingerprint density at radius 3 is 2.29 bits per heavy atom. The normalized spacial score (nSPS) is 11.5. The average Bonchev–Trinajstić information content (AvgIpc) is 2.41. The van der Waals surface area contributed by atoms with E-state index >= 15 is 0 Å². The average molecular weight is 337 g/mol. The molecule has 0 bridgehead atoms. The lowest BCUT2D eigenvalue weighted by Gasteiger charge is -2.12. The van der Waals surface area contributed by atoms with Gasteiger partial charge < -0.3 is 9.84 Å². The Labute approximate surface area is 128 Å². The Hall–Kier alpha value is -1.43. The number of ether oxygens (including phenoxy) is 1. The van der Waals surface area contributed by atoms with Gasteiger partial charge in [-0.15, -0.1) is 0 Å². The minimum absolute atomic E-state index is 0.0367. The molecular weight excluding hydrogens is 328 g/mol. The van der Waals surface area contributed by atoms with Crippen molar-refractivity contribution >= 4 is 23.2 Å². The molecular formula is C14H9Cl2F3O2. The molecule has 0 saturated carbocycles. The summed E-state index contributed by atoms with van der Waals surface area (Å²) in [5, 5.41) is 8.74. The van der Waals surface area contributed by atoms with E-state index in [1.807, 2.05) is 0 Å². The van der Waals surface area contributed by atoms with Crippen LogP contribution in [-0.4, -0.2) is 5.11 Å². The molecule has 0 aliphatic heterocycles. The van der Waals surface area contributed by atoms with Crippen molar-refractivity contribution in [1.29, 1.82) is 0 Å². The predicted octanol–water partition coefficient (Wildman–Crippen LogP) is 5.30. The van der Waals surface area contributed by atoms with Crippen LogP contribution in [0.1, 0.15) is 11.1 Å². The van der Waals surface area contributed by atoms with Gasteiger partial charge >= 0.3 is 6.18 Å². The first-order valence-electron chi connectivity index (χ1n) is 5.75. The van der Waals surface area contributed by atoms with Gasteiger partial charge in [0.15, 0.2) is 0 Å². The number of benzene rings is 2. The second kappa shape index (κ2) is 6.13. The lowest BCUT2D eigenvalue weighted by atomic mass is 10.2. The van der Waals surface area contributed by atoms with Gasteiger partial charge in [-0.25, -0.2) is 0 Å². The van der Waals surface area contributed by atoms with E-state index in [0.717, 1.165) is 12.1 Å². The fourth-order valence-corrected chi connectivity index (χ4v) is 2.10. The second-order valence-corrected chi connectivity index (χ2v) is 4.98. The zero-order chi connectivity index (χ0) is 15.6. The van der Waals surface area contributed by atoms with E-state index in [4.69, 9.17) is 33.0 Å². The first-order chi connectivity index (χ1) is 9.81. The molecule has 0 unspecified atom stereocenters. The van der Waals surface area contributed by atoms with Crippen LogP contribution in [0, 0.1) is 0 Å². The van der Waals surface area contributed by atoms with Gasteiger partial charge in [0.2, 0.25) is 0 Å². The van der Waals surface area contributed by atoms with Crippen LogP contribution in [0.4, 0.5) is 13.2 Å². The van der Waals surface area contributed by atoms with Crippen LogP contribution >= 0.6 is 23.2 Å². The third-order valence-corrected chi connectivity index (χ3v) is 3.27. The largest absolute Gasteiger partial charge is 0.456 e. The highest BCUT2D eigenvalue weighted by molar-refractivity contribution is 6.32. The third-order valence-electron chi connectivity index (χ3n) is 2.65. The molecule has 21 heavy (non-hydrogen) atoms. The highest BCUT2D eigenvalue weighted by Gasteiger charge is 2.33. The van der Waals surface area contributed by atoms with Crippen molar-refractivity contribution < 1.29 is 23.0 Å². The summed E-state index contributed by atoms with van der Waals surface area (Å²) < 4.78 is 43.6. The molecule has 2 aromatic rings. The molecule has 7 heteroatoms. The standard InChI is InChI=1S/C14H9Cl2F3O2/c15-11-3-2-9(6-10(11)14(17,18)19)21-13-4-1-8(7-20)5-12(13)16/h1-6,20H,7H2. The molecule has 0 amide bonds. The summed E-state index contributed by atoms with van der Waals surface area (Å²) >= 11 is 11.5. The Balaban J connectivity index is 2.32. The predicted molar refractivity (Wildman–Crippen MR) is 73.9 cm³/mol. The van der Waals surface area contributed by atoms with Gasteiger partial charge in [0.05, 0.1) is 22.2 Å². The summed E-state index contributed by atoms with van der Waals surface area (Å²) in [4.78, 5) is 0. The SMILES string of the molecule is OCc1ccc(Oc2ccc(Cl)c(C(F)(F)F)c2)c(Cl)c1. The van der Waals surface area contributed by atoms with E-state index < -0.39 is 16.8 Å². The summed E-state index contributed by atoms with van der Waals surface area (Å²) in [5.41, 5.74) is -0.413. The molecule has 0 atom stereocenters. The van der Waals surface area contributed by atoms with Gasteiger partial charge in [-0.1, -0.05) is 29.3 Å². The van der Waals surface area contributed by atoms with Crippen LogP contribution in [0.2, 0.25) is 10.0 Å². The molecule has 0 spiro atoms. The van der Waals surface area contributed by atoms with Gasteiger partial charge in [0.1, 0.15) is 11.5 Å². The molecule has 0 aliphatic rings. The second-order valence-electron chi connectivity index (χ2n) is 4.16. The van der Waals surface area contributed by atoms with Gasteiger partial charge in [0, 0.05) is 0 Å². The zero-order valence-corrected chi connectivity index (χ0v) is 11.9. The van der Waals surface area contributed by atoms with E-state index in [2.05, 4.69) is 0 Å². The van der Waals surface area contributed by atoms with Gasteiger partial charge in [-0.05, 0) is 35.9 Å². The molecule has 2 aromatic carbocycles. The first kappa shape index (κ1) is 15.9. The third kappa shape index (κ3) is 3.81. The molecule has 0 aliphatic carbocycles. The monoisotopic (exact) mass is 336 g/mol. The summed E-state index contributed by atoms with van der Waals surface area (Å²) in [6, 6.07) is 7.72. The van der Waals surface area contributed by atoms with E-state index in [-0.39, 0.29) is 23.1 Å². The van der Waals surface area contributed by atoms with Crippen molar-refractivity contribution in [3.8, 4) is 11.5 Å². The lowest BCUT2D eigenvalue weighted by molar-refractivity contribution is -0.137. The van der Waals surface area contributed by atoms with Crippen LogP contribution in [0.25, 0.3) is 0 Å². The maximum absolute atomic E-state index is 12.8. The van der Waals surface area contributed by atoms with E-state index in [0.29, 0.717) is 5.56 Å². The topological polar surface area (TPSA) is 29.5 Å². The maximum atomic E-state index is 12.8. The number of alkyl halides is 3. The molecule has 0 aromatic heterocycles. The zero-order valence-electron chi connectivity index (χ0n) is 10.4. The van der Waals surface area contributed by atoms with Gasteiger partial charge in [0.25, 0.3) is 0 Å². The van der Waals surface area contributed by atoms with Crippen molar-refractivity contribution in [2.45, 2.75) is 12.8 Å². The van der Waals surface area contributed by atoms with Crippen LogP contribution in [0.5, 0.6) is 11.5 Å². The molecule has 0 saturated heterocycles. The maximum Gasteiger partial charge on any atom is 0.417 e. The minimum atomic E-state index is -4.57. The fraction of sp³-hybridized carbons (Fsp3) is 0.143. The fourth-order valence-electron chi connectivity index (χ4n) is 1.64. The van der Waals surface area contributed by atoms with E-state index in [1.165, 1.54) is 18.2 Å².